The van der Waals surface area contributed by atoms with Crippen LogP contribution in [0.25, 0.3) is 0 Å². The molecule has 3 unspecified atom stereocenters. The minimum Gasteiger partial charge on any atom is -0.313 e. The van der Waals surface area contributed by atoms with Crippen LogP contribution in [-0.2, 0) is 0 Å². The van der Waals surface area contributed by atoms with E-state index >= 15 is 0 Å². The lowest BCUT2D eigenvalue weighted by molar-refractivity contribution is 0.202. The maximum atomic E-state index is 8.65. The standard InChI is InChI=1S/C15H28N2/c1-12-6-7-14(13(2)10-12)17-11-15(3,4)8-5-9-16/h12-14,17H,5-8,10-11H2,1-4H3. The Hall–Kier alpha value is -0.550. The normalized spacial score (nSPS) is 29.9. The third-order valence-electron chi connectivity index (χ3n) is 4.19. The zero-order valence-corrected chi connectivity index (χ0v) is 11.9. The SMILES string of the molecule is CC1CCC(NCC(C)(C)CCC#N)C(C)C1. The average molecular weight is 236 g/mol. The predicted molar refractivity (Wildman–Crippen MR) is 72.6 cm³/mol. The van der Waals surface area contributed by atoms with Crippen molar-refractivity contribution in [2.45, 2.75) is 65.8 Å². The molecule has 1 saturated carbocycles. The van der Waals surface area contributed by atoms with E-state index in [1.54, 1.807) is 0 Å². The van der Waals surface area contributed by atoms with Gasteiger partial charge in [-0.3, -0.25) is 0 Å². The van der Waals surface area contributed by atoms with Crippen LogP contribution in [0.15, 0.2) is 0 Å². The van der Waals surface area contributed by atoms with Crippen LogP contribution in [0.5, 0.6) is 0 Å². The summed E-state index contributed by atoms with van der Waals surface area (Å²) in [5.74, 6) is 1.69. The van der Waals surface area contributed by atoms with Crippen LogP contribution in [-0.4, -0.2) is 12.6 Å². The third kappa shape index (κ3) is 5.08. The van der Waals surface area contributed by atoms with Crippen molar-refractivity contribution in [2.24, 2.45) is 17.3 Å². The van der Waals surface area contributed by atoms with Gasteiger partial charge in [0.2, 0.25) is 0 Å². The first kappa shape index (κ1) is 14.5. The number of hydrogen-bond donors (Lipinski definition) is 1. The van der Waals surface area contributed by atoms with Crippen molar-refractivity contribution in [2.75, 3.05) is 6.54 Å². The Morgan fingerprint density at radius 2 is 2.00 bits per heavy atom. The predicted octanol–water partition coefficient (Wildman–Crippen LogP) is 3.73. The number of nitrogens with zero attached hydrogens (tertiary/aromatic N) is 1. The minimum absolute atomic E-state index is 0.249. The van der Waals surface area contributed by atoms with Gasteiger partial charge in [-0.2, -0.15) is 5.26 Å². The Labute approximate surface area is 107 Å². The lowest BCUT2D eigenvalue weighted by Crippen LogP contribution is -2.43. The molecule has 0 aliphatic heterocycles. The van der Waals surface area contributed by atoms with Gasteiger partial charge in [-0.15, -0.1) is 0 Å². The monoisotopic (exact) mass is 236 g/mol. The van der Waals surface area contributed by atoms with E-state index in [2.05, 4.69) is 39.1 Å². The summed E-state index contributed by atoms with van der Waals surface area (Å²) in [4.78, 5) is 0. The van der Waals surface area contributed by atoms with Gasteiger partial charge in [-0.25, -0.2) is 0 Å². The molecule has 2 nitrogen and oxygen atoms in total. The van der Waals surface area contributed by atoms with Crippen molar-refractivity contribution in [1.29, 1.82) is 5.26 Å². The molecule has 1 aliphatic rings. The number of nitriles is 1. The van der Waals surface area contributed by atoms with Crippen LogP contribution in [0.4, 0.5) is 0 Å². The molecule has 3 atom stereocenters. The Kier molecular flexibility index (Phi) is 5.46. The fourth-order valence-electron chi connectivity index (χ4n) is 2.86. The first-order valence-corrected chi connectivity index (χ1v) is 7.05. The van der Waals surface area contributed by atoms with E-state index in [0.717, 1.165) is 24.8 Å². The Morgan fingerprint density at radius 1 is 1.29 bits per heavy atom. The van der Waals surface area contributed by atoms with Crippen molar-refractivity contribution >= 4 is 0 Å². The van der Waals surface area contributed by atoms with Crippen LogP contribution in [0, 0.1) is 28.6 Å². The molecular weight excluding hydrogens is 208 g/mol. The first-order chi connectivity index (χ1) is 7.94. The van der Waals surface area contributed by atoms with Crippen LogP contribution in [0.1, 0.15) is 59.8 Å². The maximum absolute atomic E-state index is 8.65. The highest BCUT2D eigenvalue weighted by molar-refractivity contribution is 4.84. The van der Waals surface area contributed by atoms with Crippen LogP contribution in [0.3, 0.4) is 0 Å². The molecule has 1 aliphatic carbocycles. The molecule has 1 fully saturated rings. The zero-order valence-electron chi connectivity index (χ0n) is 11.9. The van der Waals surface area contributed by atoms with Gasteiger partial charge in [0.25, 0.3) is 0 Å². The number of nitrogens with one attached hydrogen (secondary N) is 1. The molecule has 0 aromatic carbocycles. The molecule has 0 heterocycles. The topological polar surface area (TPSA) is 35.8 Å². The summed E-state index contributed by atoms with van der Waals surface area (Å²) < 4.78 is 0. The van der Waals surface area contributed by atoms with Gasteiger partial charge in [-0.05, 0) is 42.9 Å². The van der Waals surface area contributed by atoms with Gasteiger partial charge >= 0.3 is 0 Å². The van der Waals surface area contributed by atoms with Gasteiger partial charge in [0.05, 0.1) is 6.07 Å². The van der Waals surface area contributed by atoms with Gasteiger partial charge in [0.15, 0.2) is 0 Å². The quantitative estimate of drug-likeness (QED) is 0.789. The fourth-order valence-corrected chi connectivity index (χ4v) is 2.86. The van der Waals surface area contributed by atoms with Gasteiger partial charge in [0.1, 0.15) is 0 Å². The summed E-state index contributed by atoms with van der Waals surface area (Å²) in [6.07, 6.45) is 5.70. The van der Waals surface area contributed by atoms with Crippen molar-refractivity contribution in [3.05, 3.63) is 0 Å². The van der Waals surface area contributed by atoms with Crippen molar-refractivity contribution < 1.29 is 0 Å². The molecule has 1 N–H and O–H groups in total. The molecule has 0 bridgehead atoms. The Morgan fingerprint density at radius 3 is 2.59 bits per heavy atom. The number of rotatable bonds is 5. The summed E-state index contributed by atoms with van der Waals surface area (Å²) in [6.45, 7) is 10.3. The van der Waals surface area contributed by atoms with E-state index in [0.29, 0.717) is 12.5 Å². The first-order valence-electron chi connectivity index (χ1n) is 7.05. The van der Waals surface area contributed by atoms with Gasteiger partial charge < -0.3 is 5.32 Å². The summed E-state index contributed by atoms with van der Waals surface area (Å²) >= 11 is 0. The van der Waals surface area contributed by atoms with Gasteiger partial charge in [0, 0.05) is 19.0 Å². The highest BCUT2D eigenvalue weighted by atomic mass is 14.9. The second-order valence-corrected chi connectivity index (χ2v) is 6.71. The second kappa shape index (κ2) is 6.40. The Bertz CT molecular complexity index is 265. The molecule has 2 heteroatoms. The lowest BCUT2D eigenvalue weighted by Gasteiger charge is -2.36. The highest BCUT2D eigenvalue weighted by Gasteiger charge is 2.27. The third-order valence-corrected chi connectivity index (χ3v) is 4.19. The van der Waals surface area contributed by atoms with Crippen molar-refractivity contribution in [3.8, 4) is 6.07 Å². The molecule has 0 amide bonds. The second-order valence-electron chi connectivity index (χ2n) is 6.71. The van der Waals surface area contributed by atoms with E-state index in [1.807, 2.05) is 0 Å². The van der Waals surface area contributed by atoms with E-state index in [9.17, 15) is 0 Å². The molecule has 98 valence electrons. The van der Waals surface area contributed by atoms with Crippen LogP contribution in [0.2, 0.25) is 0 Å². The summed E-state index contributed by atoms with van der Waals surface area (Å²) in [5, 5.41) is 12.4. The molecule has 0 aromatic rings. The number of hydrogen-bond acceptors (Lipinski definition) is 2. The van der Waals surface area contributed by atoms with E-state index in [1.165, 1.54) is 19.3 Å². The van der Waals surface area contributed by atoms with Crippen LogP contribution >= 0.6 is 0 Å². The van der Waals surface area contributed by atoms with Crippen molar-refractivity contribution in [3.63, 3.8) is 0 Å². The molecule has 0 saturated heterocycles. The molecule has 17 heavy (non-hydrogen) atoms. The van der Waals surface area contributed by atoms with Gasteiger partial charge in [-0.1, -0.05) is 27.7 Å². The molecule has 0 radical (unpaired) electrons. The molecule has 0 spiro atoms. The van der Waals surface area contributed by atoms with Crippen LogP contribution < -0.4 is 5.32 Å². The molecule has 0 aromatic heterocycles. The fraction of sp³-hybridized carbons (Fsp3) is 0.933. The minimum atomic E-state index is 0.249. The smallest absolute Gasteiger partial charge is 0.0621 e. The highest BCUT2D eigenvalue weighted by Crippen LogP contribution is 2.29. The maximum Gasteiger partial charge on any atom is 0.0621 e. The summed E-state index contributed by atoms with van der Waals surface area (Å²) in [7, 11) is 0. The van der Waals surface area contributed by atoms with Crippen molar-refractivity contribution in [1.82, 2.24) is 5.32 Å². The molecule has 1 rings (SSSR count). The molecular formula is C15H28N2. The Balaban J connectivity index is 2.32. The lowest BCUT2D eigenvalue weighted by atomic mass is 9.79. The summed E-state index contributed by atoms with van der Waals surface area (Å²) in [6, 6.07) is 2.94. The van der Waals surface area contributed by atoms with E-state index in [4.69, 9.17) is 5.26 Å². The average Bonchev–Trinajstić information content (AvgIpc) is 2.25. The zero-order chi connectivity index (χ0) is 12.9. The summed E-state index contributed by atoms with van der Waals surface area (Å²) in [5.41, 5.74) is 0.249. The van der Waals surface area contributed by atoms with E-state index in [-0.39, 0.29) is 5.41 Å². The largest absolute Gasteiger partial charge is 0.313 e. The van der Waals surface area contributed by atoms with E-state index < -0.39 is 0 Å².